The van der Waals surface area contributed by atoms with Gasteiger partial charge in [0.05, 0.1) is 0 Å². The predicted molar refractivity (Wildman–Crippen MR) is 30.6 cm³/mol. The fourth-order valence-electron chi connectivity index (χ4n) is 0. The highest BCUT2D eigenvalue weighted by Crippen LogP contribution is 1.52. The third-order valence-corrected chi connectivity index (χ3v) is 0. The maximum atomic E-state index is 6.25. The lowest BCUT2D eigenvalue weighted by Gasteiger charge is -1.36. The summed E-state index contributed by atoms with van der Waals surface area (Å²) in [6.07, 6.45) is 0. The molecule has 0 rings (SSSR count). The zero-order valence-electron chi connectivity index (χ0n) is 4.84. The molecule has 4 heteroatoms. The molecular formula is C2H12NO2P. The molecule has 0 aliphatic rings. The fourth-order valence-corrected chi connectivity index (χ4v) is 0. The van der Waals surface area contributed by atoms with Crippen LogP contribution in [0.1, 0.15) is 10.3 Å². The van der Waals surface area contributed by atoms with E-state index in [2.05, 4.69) is 13.8 Å². The second-order valence-corrected chi connectivity index (χ2v) is 0.671. The van der Waals surface area contributed by atoms with Crippen LogP contribution in [-0.4, -0.2) is 18.0 Å². The van der Waals surface area contributed by atoms with E-state index in [1.807, 2.05) is 0 Å². The van der Waals surface area contributed by atoms with E-state index in [-0.39, 0.29) is 7.43 Å². The first-order valence-corrected chi connectivity index (χ1v) is 1.12. The highest BCUT2D eigenvalue weighted by molar-refractivity contribution is 7.03. The maximum Gasteiger partial charge on any atom is 0.206 e. The van der Waals surface area contributed by atoms with Crippen LogP contribution in [0.15, 0.2) is 4.74 Å². The van der Waals surface area contributed by atoms with Crippen molar-refractivity contribution in [2.24, 2.45) is 4.74 Å². The van der Waals surface area contributed by atoms with Crippen LogP contribution in [0, 0.1) is 0 Å². The summed E-state index contributed by atoms with van der Waals surface area (Å²) in [5.74, 6) is 0. The smallest absolute Gasteiger partial charge is 0.206 e. The molecule has 42 valence electrons. The molecule has 0 spiro atoms. The van der Waals surface area contributed by atoms with Gasteiger partial charge in [-0.15, -0.1) is 0 Å². The molecule has 0 radical (unpaired) electrons. The van der Waals surface area contributed by atoms with Crippen LogP contribution in [-0.2, 0) is 0 Å². The van der Waals surface area contributed by atoms with Gasteiger partial charge in [0, 0.05) is 7.05 Å². The van der Waals surface area contributed by atoms with Crippen molar-refractivity contribution >= 4 is 9.03 Å². The van der Waals surface area contributed by atoms with Gasteiger partial charge in [-0.25, -0.2) is 0 Å². The second kappa shape index (κ2) is 78.0. The molecule has 0 aromatic carbocycles. The minimum absolute atomic E-state index is 0. The Bertz CT molecular complexity index is 25.5. The lowest BCUT2D eigenvalue weighted by atomic mass is 11.6. The number of hydrogen-bond acceptors (Lipinski definition) is 1. The molecule has 0 aliphatic heterocycles. The Morgan fingerprint density at radius 3 is 1.67 bits per heavy atom. The average Bonchev–Trinajstić information content (AvgIpc) is 1.78. The normalized spacial score (nSPS) is 4.50. The Morgan fingerprint density at radius 1 is 1.67 bits per heavy atom. The van der Waals surface area contributed by atoms with E-state index < -0.39 is 0 Å². The summed E-state index contributed by atoms with van der Waals surface area (Å²) in [5, 5.41) is 0. The largest absolute Gasteiger partial charge is 0.412 e. The van der Waals surface area contributed by atoms with Crippen molar-refractivity contribution in [1.82, 2.24) is 0 Å². The van der Waals surface area contributed by atoms with Gasteiger partial charge in [-0.1, -0.05) is 7.43 Å². The molecule has 0 saturated carbocycles. The fraction of sp³-hybridized carbons (Fsp3) is 1.00. The summed E-state index contributed by atoms with van der Waals surface area (Å²) in [5.41, 5.74) is 12.5. The molecule has 0 fully saturated rings. The summed E-state index contributed by atoms with van der Waals surface area (Å²) >= 11 is 0. The minimum atomic E-state index is 0. The van der Waals surface area contributed by atoms with Gasteiger partial charge >= 0.3 is 0 Å². The minimum Gasteiger partial charge on any atom is -0.412 e. The molecule has 0 aliphatic carbocycles. The van der Waals surface area contributed by atoms with Crippen molar-refractivity contribution in [2.45, 2.75) is 7.43 Å². The monoisotopic (exact) mass is 115 g/mol. The van der Waals surface area contributed by atoms with Crippen molar-refractivity contribution < 1.29 is 13.8 Å². The molecule has 0 bridgehead atoms. The Balaban J connectivity index is -0.0000000147. The zero-order valence-corrected chi connectivity index (χ0v) is 3.84. The van der Waals surface area contributed by atoms with Gasteiger partial charge < -0.3 is 11.0 Å². The summed E-state index contributed by atoms with van der Waals surface area (Å²) in [6, 6.07) is 0. The molecule has 3 nitrogen and oxygen atoms in total. The van der Waals surface area contributed by atoms with Crippen molar-refractivity contribution in [3.63, 3.8) is 0 Å². The second-order valence-electron chi connectivity index (χ2n) is 0.224. The van der Waals surface area contributed by atoms with Crippen LogP contribution >= 0.6 is 9.03 Å². The van der Waals surface area contributed by atoms with Crippen LogP contribution in [0.2, 0.25) is 0 Å². The molecule has 0 unspecified atom stereocenters. The van der Waals surface area contributed by atoms with Gasteiger partial charge in [0.15, 0.2) is 0 Å². The lowest BCUT2D eigenvalue weighted by Crippen LogP contribution is -1.14. The van der Waals surface area contributed by atoms with E-state index in [0.29, 0.717) is 0 Å². The van der Waals surface area contributed by atoms with Crippen LogP contribution in [0.3, 0.4) is 0 Å². The number of hydrogen-bond donors (Lipinski definition) is 0. The highest BCUT2D eigenvalue weighted by atomic mass is 31.0. The van der Waals surface area contributed by atoms with E-state index >= 15 is 0 Å². The van der Waals surface area contributed by atoms with Gasteiger partial charge in [-0.05, 0) is 9.03 Å². The third-order valence-electron chi connectivity index (χ3n) is 0. The first kappa shape index (κ1) is 9.39. The number of rotatable bonds is 0. The molecule has 4 N–H and O–H groups in total. The van der Waals surface area contributed by atoms with Crippen molar-refractivity contribution in [3.8, 4) is 0 Å². The van der Waals surface area contributed by atoms with E-state index in [1.54, 1.807) is 7.05 Å². The van der Waals surface area contributed by atoms with Crippen molar-refractivity contribution in [1.29, 1.82) is 0 Å². The summed E-state index contributed by atoms with van der Waals surface area (Å²) < 4.78 is 12.8. The van der Waals surface area contributed by atoms with Crippen molar-refractivity contribution in [3.05, 3.63) is 0 Å². The van der Waals surface area contributed by atoms with Crippen LogP contribution in [0.25, 0.3) is 0 Å². The molecular weight excluding hydrogens is 101 g/mol. The lowest BCUT2D eigenvalue weighted by molar-refractivity contribution is 0.823. The van der Waals surface area contributed by atoms with Gasteiger partial charge in [0.1, 0.15) is 0 Å². The van der Waals surface area contributed by atoms with Gasteiger partial charge in [-0.3, -0.25) is 4.74 Å². The molecule has 0 heterocycles. The first-order valence-electron chi connectivity index (χ1n) is 1.57. The zero-order chi connectivity index (χ0) is 6.71. The van der Waals surface area contributed by atoms with Crippen LogP contribution in [0.5, 0.6) is 0 Å². The molecule has 0 atom stereocenters. The summed E-state index contributed by atoms with van der Waals surface area (Å²) in [7, 11) is 4.47. The SMILES string of the molecule is C.CN=P.[2H]O.[2H]O. The van der Waals surface area contributed by atoms with E-state index in [0.717, 1.165) is 0 Å². The topological polar surface area (TPSA) is 75.4 Å². The number of nitrogens with zero attached hydrogens (tertiary/aromatic N) is 1. The van der Waals surface area contributed by atoms with Crippen LogP contribution < -0.4 is 0 Å². The van der Waals surface area contributed by atoms with E-state index in [1.165, 1.54) is 0 Å². The quantitative estimate of drug-likeness (QED) is 0.396. The Hall–Kier alpha value is 0.0200. The maximum absolute atomic E-state index is 6.25. The Kier molecular flexibility index (Phi) is 122. The first-order chi connectivity index (χ1) is 3.41. The third kappa shape index (κ3) is 91700. The highest BCUT2D eigenvalue weighted by Gasteiger charge is 1.10. The van der Waals surface area contributed by atoms with Crippen LogP contribution in [0.4, 0.5) is 0 Å². The Morgan fingerprint density at radius 2 is 1.67 bits per heavy atom. The molecule has 0 aromatic rings. The standard InChI is InChI=1S/CH4NP.CH4.2H2O/c1-2-3;;;/h3H,1H3;1H4;2*1H2/i/hD2. The van der Waals surface area contributed by atoms with Gasteiger partial charge in [0.25, 0.3) is 0 Å². The molecule has 0 saturated heterocycles. The molecule has 0 amide bonds. The average molecular weight is 115 g/mol. The Labute approximate surface area is 43.3 Å². The predicted octanol–water partition coefficient (Wildman–Crippen LogP) is -0.0707. The molecule has 6 heavy (non-hydrogen) atoms. The van der Waals surface area contributed by atoms with E-state index in [4.69, 9.17) is 13.8 Å². The van der Waals surface area contributed by atoms with E-state index in [9.17, 15) is 0 Å². The summed E-state index contributed by atoms with van der Waals surface area (Å²) in [4.78, 5) is 0. The molecule has 0 aromatic heterocycles. The van der Waals surface area contributed by atoms with Crippen molar-refractivity contribution in [2.75, 3.05) is 7.05 Å². The van der Waals surface area contributed by atoms with Gasteiger partial charge in [0.2, 0.25) is 2.86 Å². The van der Waals surface area contributed by atoms with Gasteiger partial charge in [-0.2, -0.15) is 0 Å². The summed E-state index contributed by atoms with van der Waals surface area (Å²) in [6.45, 7) is 0.